The van der Waals surface area contributed by atoms with Gasteiger partial charge in [0, 0.05) is 24.9 Å². The van der Waals surface area contributed by atoms with Gasteiger partial charge < -0.3 is 10.0 Å². The molecule has 0 aliphatic carbocycles. The maximum absolute atomic E-state index is 12.0. The lowest BCUT2D eigenvalue weighted by Gasteiger charge is -2.15. The fourth-order valence-electron chi connectivity index (χ4n) is 1.67. The van der Waals surface area contributed by atoms with Crippen molar-refractivity contribution in [3.05, 3.63) is 66.2 Å². The van der Waals surface area contributed by atoms with Gasteiger partial charge in [-0.05, 0) is 23.8 Å². The van der Waals surface area contributed by atoms with E-state index in [1.807, 2.05) is 30.3 Å². The highest BCUT2D eigenvalue weighted by molar-refractivity contribution is 6.03. The number of aromatic hydroxyl groups is 1. The fraction of sp³-hybridized carbons (Fsp3) is 0.0625. The second-order valence-corrected chi connectivity index (χ2v) is 4.16. The SMILES string of the molecule is CN(C(=O)/C=C/c1ccccc1)c1cccc(O)c1. The average molecular weight is 253 g/mol. The molecule has 0 atom stereocenters. The van der Waals surface area contributed by atoms with Crippen LogP contribution in [0.25, 0.3) is 6.08 Å². The van der Waals surface area contributed by atoms with Gasteiger partial charge in [-0.1, -0.05) is 36.4 Å². The number of hydrogen-bond acceptors (Lipinski definition) is 2. The van der Waals surface area contributed by atoms with Crippen molar-refractivity contribution < 1.29 is 9.90 Å². The molecule has 0 aliphatic rings. The highest BCUT2D eigenvalue weighted by Gasteiger charge is 2.07. The Morgan fingerprint density at radius 2 is 1.84 bits per heavy atom. The molecule has 0 bridgehead atoms. The van der Waals surface area contributed by atoms with Gasteiger partial charge in [-0.2, -0.15) is 0 Å². The molecule has 0 fully saturated rings. The highest BCUT2D eigenvalue weighted by atomic mass is 16.3. The van der Waals surface area contributed by atoms with E-state index in [9.17, 15) is 9.90 Å². The lowest BCUT2D eigenvalue weighted by Crippen LogP contribution is -2.23. The topological polar surface area (TPSA) is 40.5 Å². The van der Waals surface area contributed by atoms with Crippen molar-refractivity contribution in [2.45, 2.75) is 0 Å². The van der Waals surface area contributed by atoms with Crippen LogP contribution in [0.1, 0.15) is 5.56 Å². The number of rotatable bonds is 3. The third-order valence-corrected chi connectivity index (χ3v) is 2.77. The van der Waals surface area contributed by atoms with Crippen LogP contribution in [0.15, 0.2) is 60.7 Å². The molecule has 0 heterocycles. The standard InChI is InChI=1S/C16H15NO2/c1-17(14-8-5-9-15(18)12-14)16(19)11-10-13-6-3-2-4-7-13/h2-12,18H,1H3/b11-10+. The quantitative estimate of drug-likeness (QED) is 0.854. The summed E-state index contributed by atoms with van der Waals surface area (Å²) in [5.74, 6) is -0.00126. The maximum Gasteiger partial charge on any atom is 0.250 e. The van der Waals surface area contributed by atoms with Gasteiger partial charge in [0.15, 0.2) is 0 Å². The van der Waals surface area contributed by atoms with Crippen LogP contribution in [-0.2, 0) is 4.79 Å². The minimum absolute atomic E-state index is 0.143. The number of carbonyl (C=O) groups excluding carboxylic acids is 1. The number of nitrogens with zero attached hydrogens (tertiary/aromatic N) is 1. The number of anilines is 1. The first-order valence-electron chi connectivity index (χ1n) is 5.96. The van der Waals surface area contributed by atoms with Gasteiger partial charge in [-0.15, -0.1) is 0 Å². The smallest absolute Gasteiger partial charge is 0.250 e. The molecule has 3 nitrogen and oxygen atoms in total. The van der Waals surface area contributed by atoms with E-state index in [0.717, 1.165) is 5.56 Å². The van der Waals surface area contributed by atoms with Gasteiger partial charge in [0.2, 0.25) is 0 Å². The number of amides is 1. The summed E-state index contributed by atoms with van der Waals surface area (Å²) in [7, 11) is 1.67. The number of phenols is 1. The molecular formula is C16H15NO2. The Bertz CT molecular complexity index is 591. The Labute approximate surface area is 112 Å². The Kier molecular flexibility index (Phi) is 3.98. The molecule has 1 amide bonds. The summed E-state index contributed by atoms with van der Waals surface area (Å²) in [6.07, 6.45) is 3.28. The van der Waals surface area contributed by atoms with Crippen LogP contribution in [0.3, 0.4) is 0 Å². The summed E-state index contributed by atoms with van der Waals surface area (Å²) in [6, 6.07) is 16.2. The van der Waals surface area contributed by atoms with Gasteiger partial charge in [-0.3, -0.25) is 4.79 Å². The molecular weight excluding hydrogens is 238 g/mol. The lowest BCUT2D eigenvalue weighted by molar-refractivity contribution is -0.113. The number of likely N-dealkylation sites (N-methyl/N-ethyl adjacent to an activating group) is 1. The summed E-state index contributed by atoms with van der Waals surface area (Å²) in [4.78, 5) is 13.5. The number of carbonyl (C=O) groups is 1. The first kappa shape index (κ1) is 12.9. The van der Waals surface area contributed by atoms with Crippen molar-refractivity contribution in [1.29, 1.82) is 0 Å². The lowest BCUT2D eigenvalue weighted by atomic mass is 10.2. The highest BCUT2D eigenvalue weighted by Crippen LogP contribution is 2.19. The Hall–Kier alpha value is -2.55. The normalized spacial score (nSPS) is 10.6. The second-order valence-electron chi connectivity index (χ2n) is 4.16. The van der Waals surface area contributed by atoms with Crippen LogP contribution in [0.5, 0.6) is 5.75 Å². The van der Waals surface area contributed by atoms with Gasteiger partial charge >= 0.3 is 0 Å². The maximum atomic E-state index is 12.0. The molecule has 2 aromatic carbocycles. The van der Waals surface area contributed by atoms with Crippen molar-refractivity contribution in [2.75, 3.05) is 11.9 Å². The molecule has 0 spiro atoms. The van der Waals surface area contributed by atoms with E-state index in [2.05, 4.69) is 0 Å². The molecule has 0 saturated carbocycles. The largest absolute Gasteiger partial charge is 0.508 e. The van der Waals surface area contributed by atoms with Crippen molar-refractivity contribution >= 4 is 17.7 Å². The fourth-order valence-corrected chi connectivity index (χ4v) is 1.67. The van der Waals surface area contributed by atoms with Gasteiger partial charge in [0.05, 0.1) is 0 Å². The van der Waals surface area contributed by atoms with E-state index < -0.39 is 0 Å². The third kappa shape index (κ3) is 3.45. The molecule has 19 heavy (non-hydrogen) atoms. The van der Waals surface area contributed by atoms with Crippen molar-refractivity contribution in [1.82, 2.24) is 0 Å². The summed E-state index contributed by atoms with van der Waals surface area (Å²) in [5.41, 5.74) is 1.63. The first-order chi connectivity index (χ1) is 9.16. The van der Waals surface area contributed by atoms with Crippen molar-refractivity contribution in [2.24, 2.45) is 0 Å². The van der Waals surface area contributed by atoms with Crippen LogP contribution in [-0.4, -0.2) is 18.1 Å². The van der Waals surface area contributed by atoms with E-state index in [-0.39, 0.29) is 11.7 Å². The van der Waals surface area contributed by atoms with Crippen molar-refractivity contribution in [3.8, 4) is 5.75 Å². The Morgan fingerprint density at radius 1 is 1.11 bits per heavy atom. The zero-order valence-electron chi connectivity index (χ0n) is 10.7. The zero-order valence-corrected chi connectivity index (χ0v) is 10.7. The first-order valence-corrected chi connectivity index (χ1v) is 5.96. The van der Waals surface area contributed by atoms with Crippen LogP contribution < -0.4 is 4.90 Å². The Morgan fingerprint density at radius 3 is 2.53 bits per heavy atom. The average Bonchev–Trinajstić information content (AvgIpc) is 2.45. The summed E-state index contributed by atoms with van der Waals surface area (Å²) in [5, 5.41) is 9.40. The van der Waals surface area contributed by atoms with E-state index in [1.165, 1.54) is 11.0 Å². The predicted molar refractivity (Wildman–Crippen MR) is 77.0 cm³/mol. The van der Waals surface area contributed by atoms with Crippen LogP contribution in [0.4, 0.5) is 5.69 Å². The van der Waals surface area contributed by atoms with E-state index in [4.69, 9.17) is 0 Å². The van der Waals surface area contributed by atoms with Crippen LogP contribution in [0, 0.1) is 0 Å². The van der Waals surface area contributed by atoms with Crippen molar-refractivity contribution in [3.63, 3.8) is 0 Å². The number of hydrogen-bond donors (Lipinski definition) is 1. The molecule has 1 N–H and O–H groups in total. The molecule has 0 radical (unpaired) electrons. The molecule has 0 unspecified atom stereocenters. The summed E-state index contributed by atoms with van der Waals surface area (Å²) < 4.78 is 0. The number of phenolic OH excluding ortho intramolecular Hbond substituents is 1. The second kappa shape index (κ2) is 5.87. The predicted octanol–water partition coefficient (Wildman–Crippen LogP) is 3.07. The van der Waals surface area contributed by atoms with Gasteiger partial charge in [0.25, 0.3) is 5.91 Å². The third-order valence-electron chi connectivity index (χ3n) is 2.77. The molecule has 3 heteroatoms. The monoisotopic (exact) mass is 253 g/mol. The summed E-state index contributed by atoms with van der Waals surface area (Å²) >= 11 is 0. The molecule has 0 aliphatic heterocycles. The zero-order chi connectivity index (χ0) is 13.7. The summed E-state index contributed by atoms with van der Waals surface area (Å²) in [6.45, 7) is 0. The minimum Gasteiger partial charge on any atom is -0.508 e. The molecule has 2 aromatic rings. The van der Waals surface area contributed by atoms with E-state index >= 15 is 0 Å². The van der Waals surface area contributed by atoms with Crippen LogP contribution in [0.2, 0.25) is 0 Å². The van der Waals surface area contributed by atoms with Gasteiger partial charge in [0.1, 0.15) is 5.75 Å². The molecule has 2 rings (SSSR count). The molecule has 96 valence electrons. The molecule has 0 saturated heterocycles. The minimum atomic E-state index is -0.144. The van der Waals surface area contributed by atoms with E-state index in [1.54, 1.807) is 37.4 Å². The molecule has 0 aromatic heterocycles. The van der Waals surface area contributed by atoms with Gasteiger partial charge in [-0.25, -0.2) is 0 Å². The van der Waals surface area contributed by atoms with E-state index in [0.29, 0.717) is 5.69 Å². The van der Waals surface area contributed by atoms with Crippen LogP contribution >= 0.6 is 0 Å². The number of benzene rings is 2. The Balaban J connectivity index is 2.10.